The third kappa shape index (κ3) is 2.01. The van der Waals surface area contributed by atoms with Gasteiger partial charge in [-0.15, -0.1) is 11.3 Å². The van der Waals surface area contributed by atoms with E-state index in [1.807, 2.05) is 0 Å². The summed E-state index contributed by atoms with van der Waals surface area (Å²) in [5.74, 6) is 0. The second-order valence-corrected chi connectivity index (χ2v) is 2.92. The van der Waals surface area contributed by atoms with Gasteiger partial charge in [0, 0.05) is 4.88 Å². The smallest absolute Gasteiger partial charge is 0.293 e. The summed E-state index contributed by atoms with van der Waals surface area (Å²) in [6.07, 6.45) is 0.947. The third-order valence-corrected chi connectivity index (χ3v) is 2.35. The summed E-state index contributed by atoms with van der Waals surface area (Å²) in [7, 11) is 0. The molecule has 1 aromatic rings. The van der Waals surface area contributed by atoms with E-state index in [1.54, 1.807) is 16.8 Å². The number of carbonyl (C=O) groups excluding carboxylic acids is 1. The van der Waals surface area contributed by atoms with Crippen molar-refractivity contribution in [2.75, 3.05) is 0 Å². The molecule has 0 atom stereocenters. The van der Waals surface area contributed by atoms with Gasteiger partial charge in [0.25, 0.3) is 6.47 Å². The first-order chi connectivity index (χ1) is 5.38. The predicted octanol–water partition coefficient (Wildman–Crippen LogP) is 1.38. The van der Waals surface area contributed by atoms with Crippen molar-refractivity contribution in [3.05, 3.63) is 16.1 Å². The minimum Gasteiger partial charge on any atom is -0.461 e. The van der Waals surface area contributed by atoms with Crippen LogP contribution >= 0.6 is 11.3 Å². The third-order valence-electron chi connectivity index (χ3n) is 1.33. The number of hydrogen-bond acceptors (Lipinski definition) is 4. The van der Waals surface area contributed by atoms with Crippen molar-refractivity contribution in [1.29, 1.82) is 0 Å². The largest absolute Gasteiger partial charge is 0.461 e. The number of aromatic nitrogens is 1. The van der Waals surface area contributed by atoms with Gasteiger partial charge in [-0.05, 0) is 6.42 Å². The fourth-order valence-electron chi connectivity index (χ4n) is 0.812. The van der Waals surface area contributed by atoms with Gasteiger partial charge in [0.1, 0.15) is 6.61 Å². The SMILES string of the molecule is CCc1scnc1COC=O. The summed E-state index contributed by atoms with van der Waals surface area (Å²) < 4.78 is 4.58. The summed E-state index contributed by atoms with van der Waals surface area (Å²) in [6, 6.07) is 0. The Kier molecular flexibility index (Phi) is 3.04. The Labute approximate surface area is 69.0 Å². The maximum absolute atomic E-state index is 9.85. The van der Waals surface area contributed by atoms with E-state index in [0.29, 0.717) is 13.1 Å². The molecular formula is C7H9NO2S. The lowest BCUT2D eigenvalue weighted by atomic mass is 10.3. The molecule has 0 aliphatic heterocycles. The monoisotopic (exact) mass is 171 g/mol. The molecule has 11 heavy (non-hydrogen) atoms. The van der Waals surface area contributed by atoms with Crippen molar-refractivity contribution in [3.8, 4) is 0 Å². The molecule has 0 unspecified atom stereocenters. The van der Waals surface area contributed by atoms with Gasteiger partial charge in [0.2, 0.25) is 0 Å². The normalized spacial score (nSPS) is 9.55. The predicted molar refractivity (Wildman–Crippen MR) is 42.3 cm³/mol. The highest BCUT2D eigenvalue weighted by Crippen LogP contribution is 2.13. The summed E-state index contributed by atoms with van der Waals surface area (Å²) in [4.78, 5) is 15.1. The lowest BCUT2D eigenvalue weighted by molar-refractivity contribution is -0.129. The number of carbonyl (C=O) groups is 1. The van der Waals surface area contributed by atoms with Crippen LogP contribution in [0.2, 0.25) is 0 Å². The van der Waals surface area contributed by atoms with Crippen molar-refractivity contribution in [1.82, 2.24) is 4.98 Å². The van der Waals surface area contributed by atoms with Gasteiger partial charge in [-0.3, -0.25) is 4.79 Å². The van der Waals surface area contributed by atoms with E-state index in [2.05, 4.69) is 16.6 Å². The van der Waals surface area contributed by atoms with Gasteiger partial charge in [-0.25, -0.2) is 4.98 Å². The Morgan fingerprint density at radius 2 is 2.64 bits per heavy atom. The average Bonchev–Trinajstić information content (AvgIpc) is 2.47. The Hall–Kier alpha value is -0.900. The maximum atomic E-state index is 9.85. The van der Waals surface area contributed by atoms with Crippen LogP contribution in [-0.2, 0) is 22.6 Å². The fourth-order valence-corrected chi connectivity index (χ4v) is 1.53. The summed E-state index contributed by atoms with van der Waals surface area (Å²) >= 11 is 1.59. The van der Waals surface area contributed by atoms with E-state index in [4.69, 9.17) is 0 Å². The molecule has 1 rings (SSSR count). The van der Waals surface area contributed by atoms with Crippen molar-refractivity contribution in [3.63, 3.8) is 0 Å². The lowest BCUT2D eigenvalue weighted by Crippen LogP contribution is -1.93. The van der Waals surface area contributed by atoms with Crippen molar-refractivity contribution in [2.24, 2.45) is 0 Å². The first kappa shape index (κ1) is 8.20. The van der Waals surface area contributed by atoms with Crippen LogP contribution < -0.4 is 0 Å². The molecule has 0 fully saturated rings. The molecule has 0 amide bonds. The molecule has 0 aliphatic carbocycles. The van der Waals surface area contributed by atoms with Gasteiger partial charge in [0.05, 0.1) is 11.2 Å². The van der Waals surface area contributed by atoms with E-state index in [0.717, 1.165) is 12.1 Å². The van der Waals surface area contributed by atoms with Crippen LogP contribution in [0.1, 0.15) is 17.5 Å². The second-order valence-electron chi connectivity index (χ2n) is 1.98. The van der Waals surface area contributed by atoms with Crippen LogP contribution in [0.5, 0.6) is 0 Å². The highest BCUT2D eigenvalue weighted by Gasteiger charge is 2.02. The molecular weight excluding hydrogens is 162 g/mol. The number of aryl methyl sites for hydroxylation is 1. The van der Waals surface area contributed by atoms with Crippen LogP contribution in [0, 0.1) is 0 Å². The minimum absolute atomic E-state index is 0.302. The van der Waals surface area contributed by atoms with Crippen molar-refractivity contribution >= 4 is 17.8 Å². The van der Waals surface area contributed by atoms with Crippen LogP contribution in [-0.4, -0.2) is 11.5 Å². The Morgan fingerprint density at radius 3 is 3.27 bits per heavy atom. The highest BCUT2D eigenvalue weighted by molar-refractivity contribution is 7.09. The van der Waals surface area contributed by atoms with Crippen LogP contribution in [0.4, 0.5) is 0 Å². The van der Waals surface area contributed by atoms with E-state index >= 15 is 0 Å². The molecule has 0 N–H and O–H groups in total. The lowest BCUT2D eigenvalue weighted by Gasteiger charge is -1.96. The van der Waals surface area contributed by atoms with Gasteiger partial charge in [-0.2, -0.15) is 0 Å². The molecule has 1 aromatic heterocycles. The van der Waals surface area contributed by atoms with E-state index in [9.17, 15) is 4.79 Å². The molecule has 3 nitrogen and oxygen atoms in total. The number of ether oxygens (including phenoxy) is 1. The molecule has 0 radical (unpaired) electrons. The fraction of sp³-hybridized carbons (Fsp3) is 0.429. The van der Waals surface area contributed by atoms with Crippen molar-refractivity contribution in [2.45, 2.75) is 20.0 Å². The van der Waals surface area contributed by atoms with Gasteiger partial charge < -0.3 is 4.74 Å². The Morgan fingerprint density at radius 1 is 1.82 bits per heavy atom. The first-order valence-electron chi connectivity index (χ1n) is 3.35. The molecule has 0 spiro atoms. The summed E-state index contributed by atoms with van der Waals surface area (Å²) in [6.45, 7) is 2.80. The summed E-state index contributed by atoms with van der Waals surface area (Å²) in [5.41, 5.74) is 2.65. The standard InChI is InChI=1S/C7H9NO2S/c1-2-7-6(3-10-5-9)8-4-11-7/h4-5H,2-3H2,1H3. The van der Waals surface area contributed by atoms with Gasteiger partial charge in [-0.1, -0.05) is 6.92 Å². The van der Waals surface area contributed by atoms with E-state index in [1.165, 1.54) is 4.88 Å². The zero-order valence-electron chi connectivity index (χ0n) is 6.24. The zero-order chi connectivity index (χ0) is 8.10. The zero-order valence-corrected chi connectivity index (χ0v) is 7.06. The Bertz CT molecular complexity index is 234. The highest BCUT2D eigenvalue weighted by atomic mass is 32.1. The van der Waals surface area contributed by atoms with Gasteiger partial charge >= 0.3 is 0 Å². The second kappa shape index (κ2) is 4.08. The first-order valence-corrected chi connectivity index (χ1v) is 4.23. The minimum atomic E-state index is 0.302. The molecule has 0 aromatic carbocycles. The quantitative estimate of drug-likeness (QED) is 0.642. The van der Waals surface area contributed by atoms with E-state index < -0.39 is 0 Å². The van der Waals surface area contributed by atoms with Gasteiger partial charge in [0.15, 0.2) is 0 Å². The van der Waals surface area contributed by atoms with Crippen LogP contribution in [0.25, 0.3) is 0 Å². The molecule has 0 aliphatic rings. The molecule has 0 saturated heterocycles. The van der Waals surface area contributed by atoms with Crippen LogP contribution in [0.3, 0.4) is 0 Å². The van der Waals surface area contributed by atoms with E-state index in [-0.39, 0.29) is 0 Å². The number of thiazole rings is 1. The molecule has 0 saturated carbocycles. The summed E-state index contributed by atoms with van der Waals surface area (Å²) in [5, 5.41) is 0. The number of nitrogens with zero attached hydrogens (tertiary/aromatic N) is 1. The van der Waals surface area contributed by atoms with Crippen molar-refractivity contribution < 1.29 is 9.53 Å². The number of rotatable bonds is 4. The topological polar surface area (TPSA) is 39.2 Å². The maximum Gasteiger partial charge on any atom is 0.293 e. The van der Waals surface area contributed by atoms with Crippen LogP contribution in [0.15, 0.2) is 5.51 Å². The number of hydrogen-bond donors (Lipinski definition) is 0. The average molecular weight is 171 g/mol. The molecule has 1 heterocycles. The molecule has 60 valence electrons. The molecule has 0 bridgehead atoms. The Balaban J connectivity index is 2.60. The molecule has 4 heteroatoms.